The van der Waals surface area contributed by atoms with Crippen molar-refractivity contribution in [2.75, 3.05) is 32.0 Å². The maximum Gasteiger partial charge on any atom is 0.165 e. The molecule has 0 aliphatic carbocycles. The molecule has 0 amide bonds. The van der Waals surface area contributed by atoms with Crippen LogP contribution in [0.25, 0.3) is 0 Å². The van der Waals surface area contributed by atoms with E-state index in [1.165, 1.54) is 6.08 Å². The first-order valence-corrected chi connectivity index (χ1v) is 19.5. The number of anilines is 1. The molecule has 1 aromatic carbocycles. The van der Waals surface area contributed by atoms with Crippen LogP contribution in [0.5, 0.6) is 0 Å². The van der Waals surface area contributed by atoms with Gasteiger partial charge in [0.15, 0.2) is 23.1 Å². The first kappa shape index (κ1) is 61.1. The number of carbonyl (C=O) groups is 5. The predicted molar refractivity (Wildman–Crippen MR) is 231 cm³/mol. The number of nitrogens with two attached hydrogens (primary N) is 7. The van der Waals surface area contributed by atoms with Crippen molar-refractivity contribution in [3.05, 3.63) is 42.5 Å². The highest BCUT2D eigenvalue weighted by molar-refractivity contribution is 5.97. The van der Waals surface area contributed by atoms with Gasteiger partial charge in [0.25, 0.3) is 0 Å². The van der Waals surface area contributed by atoms with Crippen molar-refractivity contribution >= 4 is 34.6 Å². The van der Waals surface area contributed by atoms with Gasteiger partial charge in [-0.15, -0.1) is 6.58 Å². The molecule has 322 valence electrons. The monoisotopic (exact) mass is 782 g/mol. The van der Waals surface area contributed by atoms with Crippen molar-refractivity contribution in [2.24, 2.45) is 69.9 Å². The quantitative estimate of drug-likeness (QED) is 0.0449. The third-order valence-electron chi connectivity index (χ3n) is 7.50. The molecule has 0 spiro atoms. The summed E-state index contributed by atoms with van der Waals surface area (Å²) >= 11 is 0. The van der Waals surface area contributed by atoms with Gasteiger partial charge in [0.1, 0.15) is 5.78 Å². The van der Waals surface area contributed by atoms with E-state index in [0.29, 0.717) is 12.2 Å². The molecule has 0 aliphatic rings. The van der Waals surface area contributed by atoms with Gasteiger partial charge in [-0.05, 0) is 62.5 Å². The number of aliphatic hydroxyl groups excluding tert-OH is 1. The Kier molecular flexibility index (Phi) is 41.9. The lowest BCUT2D eigenvalue weighted by Gasteiger charge is -2.12. The number of hydrogen-bond acceptors (Lipinski definition) is 13. The molecule has 0 aliphatic heterocycles. The lowest BCUT2D eigenvalue weighted by Crippen LogP contribution is -2.36. The minimum atomic E-state index is -0.690. The third-order valence-corrected chi connectivity index (χ3v) is 7.50. The first-order chi connectivity index (χ1) is 25.3. The highest BCUT2D eigenvalue weighted by atomic mass is 16.3. The van der Waals surface area contributed by atoms with Gasteiger partial charge in [0.05, 0.1) is 31.3 Å². The summed E-state index contributed by atoms with van der Waals surface area (Å²) in [5.41, 5.74) is 38.7. The van der Waals surface area contributed by atoms with E-state index >= 15 is 0 Å². The van der Waals surface area contributed by atoms with E-state index in [-0.39, 0.29) is 77.7 Å². The van der Waals surface area contributed by atoms with Gasteiger partial charge < -0.3 is 45.2 Å². The van der Waals surface area contributed by atoms with Gasteiger partial charge in [0.2, 0.25) is 0 Å². The molecule has 0 fully saturated rings. The van der Waals surface area contributed by atoms with E-state index in [4.69, 9.17) is 45.2 Å². The molecule has 0 unspecified atom stereocenters. The van der Waals surface area contributed by atoms with E-state index < -0.39 is 12.1 Å². The van der Waals surface area contributed by atoms with Crippen molar-refractivity contribution in [3.63, 3.8) is 0 Å². The van der Waals surface area contributed by atoms with E-state index in [2.05, 4.69) is 20.4 Å². The van der Waals surface area contributed by atoms with E-state index in [9.17, 15) is 24.0 Å². The second kappa shape index (κ2) is 37.7. The Morgan fingerprint density at radius 1 is 0.618 bits per heavy atom. The summed E-state index contributed by atoms with van der Waals surface area (Å²) in [6.07, 6.45) is 5.30. The standard InChI is InChI=1S/C10H13NO.C9H20N2O.C7H13NO.C6H13NO2.C5H11NO.C5H13N/c1-7(2)10(12)8-3-5-9(11)6-4-8;1-7(2)9(12)8(11)5-3-4-6-10;1-4-6(8)7(9)5(2)3;1-4(2)6(9)5(7)3-8;1-4(2)5(7)3-6;1-5(2)3-4-6/h3-7H,11H2,1-2H3;7-8H,3-6,10-11H2,1-2H3;4-6H,1,8H2,2-3H3;4-5,8H,3,7H2,1-2H3;4H,3,6H2,1-2H3;5H,3-4,6H2,1-2H3/t;8-;6-;5-;;/m.000../s1. The topological polar surface area (TPSA) is 288 Å². The SMILES string of the molecule is C=C[C@H](N)C(=O)C(C)C.CC(C)C(=O)CN.CC(C)C(=O)[C@@H](N)CCCCN.CC(C)C(=O)[C@@H](N)CO.CC(C)C(=O)c1ccc(N)cc1.CC(C)CCN. The minimum Gasteiger partial charge on any atom is -0.399 e. The summed E-state index contributed by atoms with van der Waals surface area (Å²) in [5.74, 6) is 1.32. The molecule has 3 atom stereocenters. The van der Waals surface area contributed by atoms with Crippen molar-refractivity contribution in [1.29, 1.82) is 0 Å². The molecule has 15 N–H and O–H groups in total. The number of unbranched alkanes of at least 4 members (excludes halogenated alkanes) is 1. The zero-order valence-corrected chi connectivity index (χ0v) is 36.5. The summed E-state index contributed by atoms with van der Waals surface area (Å²) in [7, 11) is 0. The molecular formula is C42H83N7O6. The molecule has 0 saturated heterocycles. The molecule has 13 nitrogen and oxygen atoms in total. The summed E-state index contributed by atoms with van der Waals surface area (Å²) in [6.45, 7) is 27.6. The fraction of sp³-hybridized carbons (Fsp3) is 0.690. The second-order valence-electron chi connectivity index (χ2n) is 15.1. The van der Waals surface area contributed by atoms with Crippen LogP contribution < -0.4 is 40.1 Å². The Bertz CT molecular complexity index is 1150. The van der Waals surface area contributed by atoms with Crippen LogP contribution in [-0.4, -0.2) is 78.4 Å². The predicted octanol–water partition coefficient (Wildman–Crippen LogP) is 4.19. The van der Waals surface area contributed by atoms with E-state index in [1.54, 1.807) is 38.1 Å². The number of nitrogen functional groups attached to an aromatic ring is 1. The summed E-state index contributed by atoms with van der Waals surface area (Å²) in [4.78, 5) is 54.7. The third kappa shape index (κ3) is 37.5. The average molecular weight is 782 g/mol. The fourth-order valence-electron chi connectivity index (χ4n) is 3.65. The molecule has 0 radical (unpaired) electrons. The maximum absolute atomic E-state index is 11.4. The molecule has 1 aromatic rings. The number of hydrogen-bond donors (Lipinski definition) is 8. The Morgan fingerprint density at radius 3 is 1.27 bits per heavy atom. The lowest BCUT2D eigenvalue weighted by molar-refractivity contribution is -0.124. The van der Waals surface area contributed by atoms with Gasteiger partial charge in [0, 0.05) is 40.8 Å². The van der Waals surface area contributed by atoms with Gasteiger partial charge in [-0.25, -0.2) is 0 Å². The molecule has 13 heteroatoms. The maximum atomic E-state index is 11.4. The van der Waals surface area contributed by atoms with Crippen LogP contribution in [0.4, 0.5) is 5.69 Å². The van der Waals surface area contributed by atoms with Gasteiger partial charge >= 0.3 is 0 Å². The normalized spacial score (nSPS) is 11.9. The molecule has 0 bridgehead atoms. The lowest BCUT2D eigenvalue weighted by atomic mass is 9.98. The van der Waals surface area contributed by atoms with Crippen LogP contribution in [-0.2, 0) is 19.2 Å². The van der Waals surface area contributed by atoms with Crippen LogP contribution in [0, 0.1) is 35.5 Å². The summed E-state index contributed by atoms with van der Waals surface area (Å²) < 4.78 is 0. The summed E-state index contributed by atoms with van der Waals surface area (Å²) in [5, 5.41) is 8.41. The highest BCUT2D eigenvalue weighted by Gasteiger charge is 2.16. The smallest absolute Gasteiger partial charge is 0.165 e. The van der Waals surface area contributed by atoms with E-state index in [1.807, 2.05) is 55.4 Å². The fourth-order valence-corrected chi connectivity index (χ4v) is 3.65. The van der Waals surface area contributed by atoms with Gasteiger partial charge in [-0.3, -0.25) is 24.0 Å². The molecule has 0 heterocycles. The minimum absolute atomic E-state index is 0.0120. The molecule has 0 aromatic heterocycles. The van der Waals surface area contributed by atoms with Crippen molar-refractivity contribution in [3.8, 4) is 0 Å². The van der Waals surface area contributed by atoms with Crippen LogP contribution in [0.2, 0.25) is 0 Å². The Hall–Kier alpha value is -3.17. The number of rotatable bonds is 18. The zero-order chi connectivity index (χ0) is 44.4. The molecule has 1 rings (SSSR count). The van der Waals surface area contributed by atoms with E-state index in [0.717, 1.165) is 43.7 Å². The Morgan fingerprint density at radius 2 is 1.05 bits per heavy atom. The Balaban J connectivity index is -0.000000185. The van der Waals surface area contributed by atoms with Gasteiger partial charge in [-0.2, -0.15) is 0 Å². The number of Topliss-reactive ketones (excluding diaryl/α,β-unsaturated/α-hetero) is 5. The summed E-state index contributed by atoms with van der Waals surface area (Å²) in [6, 6.07) is 5.56. The van der Waals surface area contributed by atoms with Crippen molar-refractivity contribution in [2.45, 2.75) is 127 Å². The van der Waals surface area contributed by atoms with Crippen molar-refractivity contribution < 1.29 is 29.1 Å². The zero-order valence-electron chi connectivity index (χ0n) is 36.5. The first-order valence-electron chi connectivity index (χ1n) is 19.5. The number of benzene rings is 1. The largest absolute Gasteiger partial charge is 0.399 e. The van der Waals surface area contributed by atoms with Crippen LogP contribution in [0.15, 0.2) is 36.9 Å². The number of aliphatic hydroxyl groups is 1. The average Bonchev–Trinajstić information content (AvgIpc) is 3.13. The van der Waals surface area contributed by atoms with Gasteiger partial charge in [-0.1, -0.05) is 95.6 Å². The second-order valence-corrected chi connectivity index (χ2v) is 15.1. The molecule has 55 heavy (non-hydrogen) atoms. The van der Waals surface area contributed by atoms with Crippen LogP contribution >= 0.6 is 0 Å². The van der Waals surface area contributed by atoms with Crippen molar-refractivity contribution in [1.82, 2.24) is 0 Å². The highest BCUT2D eigenvalue weighted by Crippen LogP contribution is 2.10. The number of ketones is 5. The van der Waals surface area contributed by atoms with Crippen LogP contribution in [0.1, 0.15) is 119 Å². The number of carbonyl (C=O) groups excluding carboxylic acids is 5. The van der Waals surface area contributed by atoms with Crippen LogP contribution in [0.3, 0.4) is 0 Å². The molecular weight excluding hydrogens is 699 g/mol. The Labute approximate surface area is 334 Å². The molecule has 0 saturated carbocycles.